The second-order valence-corrected chi connectivity index (χ2v) is 2.75. The quantitative estimate of drug-likeness (QED) is 0.502. The lowest BCUT2D eigenvalue weighted by Gasteiger charge is -1.83. The Morgan fingerprint density at radius 3 is 2.00 bits per heavy atom. The van der Waals surface area contributed by atoms with Crippen LogP contribution in [0.5, 0.6) is 0 Å². The number of rotatable bonds is 2. The number of hydrogen-bond acceptors (Lipinski definition) is 3. The maximum absolute atomic E-state index is 11.4. The van der Waals surface area contributed by atoms with Crippen LogP contribution in [-0.4, -0.2) is 20.0 Å². The molecule has 3 nitrogen and oxygen atoms in total. The fraction of sp³-hybridized carbons (Fsp3) is 0.667. The monoisotopic (exact) mass is 140 g/mol. The van der Waals surface area contributed by atoms with Gasteiger partial charge in [-0.15, -0.1) is 3.89 Å². The first-order chi connectivity index (χ1) is 3.42. The van der Waals surface area contributed by atoms with Gasteiger partial charge in [-0.05, 0) is 6.92 Å². The lowest BCUT2D eigenvalue weighted by atomic mass is 10.5. The second kappa shape index (κ2) is 2.21. The van der Waals surface area contributed by atoms with E-state index < -0.39 is 21.8 Å². The Labute approximate surface area is 46.7 Å². The van der Waals surface area contributed by atoms with E-state index in [2.05, 4.69) is 0 Å². The number of carbonyl (C=O) groups is 1. The molecule has 0 aromatic carbocycles. The van der Waals surface area contributed by atoms with E-state index in [4.69, 9.17) is 0 Å². The second-order valence-electron chi connectivity index (χ2n) is 1.39. The molecule has 48 valence electrons. The molecule has 0 aliphatic rings. The highest BCUT2D eigenvalue weighted by molar-refractivity contribution is 7.87. The molecule has 0 radical (unpaired) electrons. The van der Waals surface area contributed by atoms with Gasteiger partial charge < -0.3 is 0 Å². The van der Waals surface area contributed by atoms with Gasteiger partial charge in [0.2, 0.25) is 0 Å². The molecule has 0 aromatic heterocycles. The third-order valence-electron chi connectivity index (χ3n) is 0.376. The maximum Gasteiger partial charge on any atom is 0.309 e. The predicted molar refractivity (Wildman–Crippen MR) is 25.6 cm³/mol. The van der Waals surface area contributed by atoms with E-state index in [1.165, 1.54) is 0 Å². The molecule has 0 spiro atoms. The van der Waals surface area contributed by atoms with Crippen molar-refractivity contribution in [3.05, 3.63) is 0 Å². The number of ketones is 1. The summed E-state index contributed by atoms with van der Waals surface area (Å²) in [5, 5.41) is 0. The van der Waals surface area contributed by atoms with Crippen molar-refractivity contribution in [1.29, 1.82) is 0 Å². The lowest BCUT2D eigenvalue weighted by Crippen LogP contribution is -2.06. The average molecular weight is 140 g/mol. The van der Waals surface area contributed by atoms with Crippen LogP contribution in [-0.2, 0) is 15.0 Å². The first-order valence-corrected chi connectivity index (χ1v) is 3.39. The fourth-order valence-corrected chi connectivity index (χ4v) is 0.728. The number of Topliss-reactive ketones (excluding diaryl/α,β-unsaturated/α-hetero) is 1. The van der Waals surface area contributed by atoms with E-state index in [-0.39, 0.29) is 0 Å². The van der Waals surface area contributed by atoms with Crippen LogP contribution in [0.3, 0.4) is 0 Å². The van der Waals surface area contributed by atoms with Gasteiger partial charge in [0.25, 0.3) is 0 Å². The van der Waals surface area contributed by atoms with Crippen molar-refractivity contribution in [2.45, 2.75) is 6.92 Å². The average Bonchev–Trinajstić information content (AvgIpc) is 1.21. The molecule has 0 bridgehead atoms. The highest BCUT2D eigenvalue weighted by Gasteiger charge is 2.09. The lowest BCUT2D eigenvalue weighted by molar-refractivity contribution is -0.114. The van der Waals surface area contributed by atoms with Crippen LogP contribution in [0.25, 0.3) is 0 Å². The summed E-state index contributed by atoms with van der Waals surface area (Å²) in [5.74, 6) is -1.69. The first kappa shape index (κ1) is 7.55. The highest BCUT2D eigenvalue weighted by Crippen LogP contribution is 1.88. The van der Waals surface area contributed by atoms with E-state index in [1.54, 1.807) is 0 Å². The maximum atomic E-state index is 11.4. The largest absolute Gasteiger partial charge is 0.309 e. The van der Waals surface area contributed by atoms with Crippen molar-refractivity contribution in [2.75, 3.05) is 5.75 Å². The van der Waals surface area contributed by atoms with Crippen molar-refractivity contribution in [3.8, 4) is 0 Å². The summed E-state index contributed by atoms with van der Waals surface area (Å²) in [6, 6.07) is 0. The summed E-state index contributed by atoms with van der Waals surface area (Å²) >= 11 is 0. The molecular weight excluding hydrogens is 135 g/mol. The minimum Gasteiger partial charge on any atom is -0.299 e. The van der Waals surface area contributed by atoms with Crippen LogP contribution in [0.4, 0.5) is 3.89 Å². The van der Waals surface area contributed by atoms with E-state index in [9.17, 15) is 17.1 Å². The van der Waals surface area contributed by atoms with E-state index in [1.807, 2.05) is 0 Å². The summed E-state index contributed by atoms with van der Waals surface area (Å²) in [6.07, 6.45) is 0. The molecule has 0 aromatic rings. The Kier molecular flexibility index (Phi) is 2.09. The summed E-state index contributed by atoms with van der Waals surface area (Å²) in [7, 11) is -4.57. The van der Waals surface area contributed by atoms with Crippen molar-refractivity contribution >= 4 is 16.0 Å². The molecule has 0 fully saturated rings. The van der Waals surface area contributed by atoms with Crippen LogP contribution >= 0.6 is 0 Å². The van der Waals surface area contributed by atoms with Crippen molar-refractivity contribution < 1.29 is 17.1 Å². The molecule has 0 atom stereocenters. The molecule has 0 aliphatic carbocycles. The molecule has 0 aliphatic heterocycles. The zero-order valence-corrected chi connectivity index (χ0v) is 5.03. The van der Waals surface area contributed by atoms with Gasteiger partial charge in [-0.1, -0.05) is 0 Å². The van der Waals surface area contributed by atoms with Gasteiger partial charge in [0.15, 0.2) is 0 Å². The van der Waals surface area contributed by atoms with Crippen molar-refractivity contribution in [3.63, 3.8) is 0 Å². The highest BCUT2D eigenvalue weighted by atomic mass is 32.3. The molecule has 0 unspecified atom stereocenters. The van der Waals surface area contributed by atoms with Crippen LogP contribution in [0.2, 0.25) is 0 Å². The van der Waals surface area contributed by atoms with Crippen LogP contribution in [0, 0.1) is 0 Å². The molecule has 0 saturated heterocycles. The van der Waals surface area contributed by atoms with Gasteiger partial charge in [-0.3, -0.25) is 4.79 Å². The van der Waals surface area contributed by atoms with Crippen LogP contribution in [0.1, 0.15) is 6.92 Å². The molecule has 0 rings (SSSR count). The summed E-state index contributed by atoms with van der Waals surface area (Å²) < 4.78 is 30.5. The molecule has 0 heterocycles. The molecule has 0 N–H and O–H groups in total. The Hall–Kier alpha value is -0.450. The zero-order chi connectivity index (χ0) is 6.78. The normalized spacial score (nSPS) is 11.2. The predicted octanol–water partition coefficient (Wildman–Crippen LogP) is -0.125. The molecule has 0 amide bonds. The SMILES string of the molecule is CC(=O)CS(=O)(=O)F. The Balaban J connectivity index is 3.95. The zero-order valence-electron chi connectivity index (χ0n) is 4.22. The van der Waals surface area contributed by atoms with Crippen LogP contribution < -0.4 is 0 Å². The summed E-state index contributed by atoms with van der Waals surface area (Å²) in [5.41, 5.74) is 0. The molecule has 0 saturated carbocycles. The molecule has 5 heteroatoms. The van der Waals surface area contributed by atoms with Gasteiger partial charge >= 0.3 is 10.2 Å². The topological polar surface area (TPSA) is 51.2 Å². The van der Waals surface area contributed by atoms with E-state index in [0.29, 0.717) is 0 Å². The fourth-order valence-electron chi connectivity index (χ4n) is 0.243. The van der Waals surface area contributed by atoms with Crippen molar-refractivity contribution in [1.82, 2.24) is 0 Å². The third kappa shape index (κ3) is 5.55. The number of halogens is 1. The number of carbonyl (C=O) groups excluding carboxylic acids is 1. The first-order valence-electron chi connectivity index (χ1n) is 1.83. The van der Waals surface area contributed by atoms with Gasteiger partial charge in [-0.2, -0.15) is 8.42 Å². The van der Waals surface area contributed by atoms with Gasteiger partial charge in [0.1, 0.15) is 11.5 Å². The number of hydrogen-bond donors (Lipinski definition) is 0. The standard InChI is InChI=1S/C3H5FO3S/c1-3(5)2-8(4,6)7/h2H2,1H3. The molecule has 8 heavy (non-hydrogen) atoms. The van der Waals surface area contributed by atoms with Gasteiger partial charge in [0, 0.05) is 0 Å². The Bertz CT molecular complexity index is 181. The van der Waals surface area contributed by atoms with Gasteiger partial charge in [-0.25, -0.2) is 0 Å². The third-order valence-corrected chi connectivity index (χ3v) is 1.13. The minimum atomic E-state index is -4.57. The smallest absolute Gasteiger partial charge is 0.299 e. The summed E-state index contributed by atoms with van der Waals surface area (Å²) in [6.45, 7) is 1.01. The van der Waals surface area contributed by atoms with Crippen LogP contribution in [0.15, 0.2) is 0 Å². The Morgan fingerprint density at radius 1 is 1.62 bits per heavy atom. The van der Waals surface area contributed by atoms with Gasteiger partial charge in [0.05, 0.1) is 0 Å². The van der Waals surface area contributed by atoms with E-state index >= 15 is 0 Å². The van der Waals surface area contributed by atoms with E-state index in [0.717, 1.165) is 6.92 Å². The van der Waals surface area contributed by atoms with Crippen molar-refractivity contribution in [2.24, 2.45) is 0 Å². The Morgan fingerprint density at radius 2 is 2.00 bits per heavy atom. The molecular formula is C3H5FO3S. The summed E-state index contributed by atoms with van der Waals surface area (Å²) in [4.78, 5) is 9.84. The minimum absolute atomic E-state index is 0.687.